The van der Waals surface area contributed by atoms with E-state index in [0.717, 1.165) is 41.1 Å². The molecule has 1 atom stereocenters. The minimum atomic E-state index is -3.13. The molecule has 3 N–H and O–H groups in total. The van der Waals surface area contributed by atoms with Crippen LogP contribution in [0.4, 0.5) is 5.69 Å². The molecule has 2 aromatic rings. The largest absolute Gasteiger partial charge is 0.761 e. The SMILES string of the molecule is CCN(CC)CCCC(C)Nc1ccnc2cc(Cl)ccc12.O=[Si](O)O. The van der Waals surface area contributed by atoms with Crippen LogP contribution in [0.25, 0.3) is 10.9 Å². The summed E-state index contributed by atoms with van der Waals surface area (Å²) in [5, 5.41) is 5.47. The van der Waals surface area contributed by atoms with Gasteiger partial charge in [-0.15, -0.1) is 0 Å². The summed E-state index contributed by atoms with van der Waals surface area (Å²) in [6.45, 7) is 10.1. The Labute approximate surface area is 161 Å². The Hall–Kier alpha value is -1.70. The van der Waals surface area contributed by atoms with Crippen molar-refractivity contribution in [3.05, 3.63) is 35.5 Å². The lowest BCUT2D eigenvalue weighted by Crippen LogP contribution is -2.25. The van der Waals surface area contributed by atoms with Gasteiger partial charge in [0.2, 0.25) is 0 Å². The van der Waals surface area contributed by atoms with Crippen molar-refractivity contribution < 1.29 is 14.1 Å². The van der Waals surface area contributed by atoms with Gasteiger partial charge >= 0.3 is 9.17 Å². The smallest absolute Gasteiger partial charge is 0.511 e. The highest BCUT2D eigenvalue weighted by molar-refractivity contribution is 6.31. The number of rotatable bonds is 8. The van der Waals surface area contributed by atoms with E-state index in [1.807, 2.05) is 30.5 Å². The normalized spacial score (nSPS) is 11.7. The number of nitrogens with one attached hydrogen (secondary N) is 1. The molecule has 0 bridgehead atoms. The van der Waals surface area contributed by atoms with Gasteiger partial charge in [-0.1, -0.05) is 25.4 Å². The molecule has 8 heteroatoms. The second-order valence-corrected chi connectivity index (χ2v) is 7.02. The summed E-state index contributed by atoms with van der Waals surface area (Å²) in [7, 11) is -3.13. The van der Waals surface area contributed by atoms with Crippen LogP contribution in [-0.2, 0) is 4.46 Å². The zero-order valence-corrected chi connectivity index (χ0v) is 17.3. The van der Waals surface area contributed by atoms with Gasteiger partial charge in [0.1, 0.15) is 0 Å². The first-order valence-corrected chi connectivity index (χ1v) is 10.5. The summed E-state index contributed by atoms with van der Waals surface area (Å²) in [6, 6.07) is 8.35. The third-order valence-corrected chi connectivity index (χ3v) is 4.35. The molecule has 0 spiro atoms. The number of hydrogen-bond acceptors (Lipinski definition) is 4. The summed E-state index contributed by atoms with van der Waals surface area (Å²) >= 11 is 6.04. The Morgan fingerprint density at radius 2 is 1.92 bits per heavy atom. The molecule has 0 amide bonds. The number of benzene rings is 1. The minimum absolute atomic E-state index is 0.442. The first-order chi connectivity index (χ1) is 12.4. The zero-order valence-electron chi connectivity index (χ0n) is 15.6. The van der Waals surface area contributed by atoms with E-state index < -0.39 is 9.17 Å². The van der Waals surface area contributed by atoms with E-state index in [2.05, 4.69) is 36.0 Å². The van der Waals surface area contributed by atoms with E-state index in [0.29, 0.717) is 6.04 Å². The molecule has 0 aliphatic rings. The Morgan fingerprint density at radius 3 is 2.54 bits per heavy atom. The molecule has 26 heavy (non-hydrogen) atoms. The van der Waals surface area contributed by atoms with E-state index in [4.69, 9.17) is 25.7 Å². The zero-order chi connectivity index (χ0) is 19.5. The Balaban J connectivity index is 0.000000765. The summed E-state index contributed by atoms with van der Waals surface area (Å²) in [4.78, 5) is 21.2. The van der Waals surface area contributed by atoms with E-state index in [9.17, 15) is 0 Å². The number of aromatic nitrogens is 1. The predicted molar refractivity (Wildman–Crippen MR) is 108 cm³/mol. The summed E-state index contributed by atoms with van der Waals surface area (Å²) in [6.07, 6.45) is 4.21. The molecular weight excluding hydrogens is 370 g/mol. The summed E-state index contributed by atoms with van der Waals surface area (Å²) < 4.78 is 8.74. The predicted octanol–water partition coefficient (Wildman–Crippen LogP) is 3.20. The van der Waals surface area contributed by atoms with Crippen LogP contribution < -0.4 is 5.32 Å². The van der Waals surface area contributed by atoms with E-state index in [-0.39, 0.29) is 0 Å². The molecule has 0 saturated heterocycles. The number of hydrogen-bond donors (Lipinski definition) is 3. The number of anilines is 1. The highest BCUT2D eigenvalue weighted by Gasteiger charge is 2.07. The van der Waals surface area contributed by atoms with Gasteiger partial charge in [0, 0.05) is 28.3 Å². The van der Waals surface area contributed by atoms with E-state index in [1.165, 1.54) is 13.0 Å². The molecule has 1 aromatic carbocycles. The molecule has 1 heterocycles. The van der Waals surface area contributed by atoms with Crippen molar-refractivity contribution in [2.45, 2.75) is 39.7 Å². The monoisotopic (exact) mass is 397 g/mol. The maximum absolute atomic E-state index is 8.74. The second-order valence-electron chi connectivity index (χ2n) is 6.02. The maximum Gasteiger partial charge on any atom is 0.761 e. The molecule has 1 aromatic heterocycles. The third kappa shape index (κ3) is 8.12. The van der Waals surface area contributed by atoms with Crippen LogP contribution in [0.3, 0.4) is 0 Å². The second kappa shape index (κ2) is 11.8. The molecule has 0 fully saturated rings. The molecule has 0 radical (unpaired) electrons. The van der Waals surface area contributed by atoms with Gasteiger partial charge in [-0.05, 0) is 63.7 Å². The fourth-order valence-corrected chi connectivity index (χ4v) is 2.91. The number of nitrogens with zero attached hydrogens (tertiary/aromatic N) is 2. The quantitative estimate of drug-likeness (QED) is 0.593. The van der Waals surface area contributed by atoms with Crippen LogP contribution in [0.5, 0.6) is 0 Å². The number of pyridine rings is 1. The lowest BCUT2D eigenvalue weighted by atomic mass is 10.1. The van der Waals surface area contributed by atoms with Crippen LogP contribution in [0.15, 0.2) is 30.5 Å². The molecule has 6 nitrogen and oxygen atoms in total. The molecule has 0 aliphatic carbocycles. The molecular formula is C18H28ClN3O3Si. The van der Waals surface area contributed by atoms with Crippen molar-refractivity contribution >= 4 is 37.4 Å². The van der Waals surface area contributed by atoms with Gasteiger partial charge in [-0.2, -0.15) is 0 Å². The number of halogens is 1. The lowest BCUT2D eigenvalue weighted by molar-refractivity contribution is 0.295. The Morgan fingerprint density at radius 1 is 1.27 bits per heavy atom. The minimum Gasteiger partial charge on any atom is -0.511 e. The van der Waals surface area contributed by atoms with Gasteiger partial charge in [-0.3, -0.25) is 9.45 Å². The van der Waals surface area contributed by atoms with Gasteiger partial charge in [-0.25, -0.2) is 0 Å². The first kappa shape index (κ1) is 22.3. The summed E-state index contributed by atoms with van der Waals surface area (Å²) in [5.74, 6) is 0. The number of fused-ring (bicyclic) bond motifs is 1. The van der Waals surface area contributed by atoms with Crippen LogP contribution in [0.1, 0.15) is 33.6 Å². The molecule has 2 rings (SSSR count). The van der Waals surface area contributed by atoms with Crippen molar-refractivity contribution in [3.8, 4) is 0 Å². The van der Waals surface area contributed by atoms with Crippen molar-refractivity contribution in [1.82, 2.24) is 9.88 Å². The van der Waals surface area contributed by atoms with Crippen LogP contribution >= 0.6 is 11.6 Å². The standard InChI is InChI=1S/C18H26ClN3.H2O3Si/c1-4-22(5-2)12-6-7-14(3)21-17-10-11-20-18-13-15(19)8-9-16(17)18;1-4(2)3/h8-11,13-14H,4-7,12H2,1-3H3,(H,20,21);1-2H. The average molecular weight is 398 g/mol. The van der Waals surface area contributed by atoms with E-state index >= 15 is 0 Å². The molecule has 1 unspecified atom stereocenters. The Kier molecular flexibility index (Phi) is 10.2. The topological polar surface area (TPSA) is 85.7 Å². The van der Waals surface area contributed by atoms with Crippen LogP contribution in [0.2, 0.25) is 5.02 Å². The molecule has 144 valence electrons. The molecule has 0 saturated carbocycles. The maximum atomic E-state index is 8.74. The Bertz CT molecular complexity index is 694. The van der Waals surface area contributed by atoms with Gasteiger partial charge in [0.25, 0.3) is 0 Å². The van der Waals surface area contributed by atoms with Gasteiger partial charge in [0.15, 0.2) is 0 Å². The van der Waals surface area contributed by atoms with Crippen molar-refractivity contribution in [1.29, 1.82) is 0 Å². The lowest BCUT2D eigenvalue weighted by Gasteiger charge is -2.20. The highest BCUT2D eigenvalue weighted by Crippen LogP contribution is 2.25. The van der Waals surface area contributed by atoms with Gasteiger partial charge in [0.05, 0.1) is 5.52 Å². The van der Waals surface area contributed by atoms with Crippen LogP contribution in [0, 0.1) is 0 Å². The van der Waals surface area contributed by atoms with Crippen molar-refractivity contribution in [2.24, 2.45) is 0 Å². The third-order valence-electron chi connectivity index (χ3n) is 4.11. The van der Waals surface area contributed by atoms with Gasteiger partial charge < -0.3 is 19.8 Å². The first-order valence-electron chi connectivity index (χ1n) is 8.82. The summed E-state index contributed by atoms with van der Waals surface area (Å²) in [5.41, 5.74) is 2.07. The fraction of sp³-hybridized carbons (Fsp3) is 0.500. The molecule has 0 aliphatic heterocycles. The van der Waals surface area contributed by atoms with Crippen molar-refractivity contribution in [3.63, 3.8) is 0 Å². The average Bonchev–Trinajstić information content (AvgIpc) is 2.58. The highest BCUT2D eigenvalue weighted by atomic mass is 35.5. The van der Waals surface area contributed by atoms with Crippen molar-refractivity contribution in [2.75, 3.05) is 25.0 Å². The fourth-order valence-electron chi connectivity index (χ4n) is 2.75. The van der Waals surface area contributed by atoms with Crippen LogP contribution in [-0.4, -0.2) is 54.3 Å². The van der Waals surface area contributed by atoms with E-state index in [1.54, 1.807) is 0 Å².